The lowest BCUT2D eigenvalue weighted by Crippen LogP contribution is -2.13. The van der Waals surface area contributed by atoms with E-state index in [1.54, 1.807) is 0 Å². The highest BCUT2D eigenvalue weighted by molar-refractivity contribution is 5.50. The molecule has 1 heterocycles. The maximum Gasteiger partial charge on any atom is 0.498 e. The second kappa shape index (κ2) is 5.42. The molecule has 0 aliphatic carbocycles. The van der Waals surface area contributed by atoms with Crippen LogP contribution in [0.25, 0.3) is 0 Å². The summed E-state index contributed by atoms with van der Waals surface area (Å²) in [5, 5.41) is 33.0. The van der Waals surface area contributed by atoms with Gasteiger partial charge >= 0.3 is 11.5 Å². The van der Waals surface area contributed by atoms with E-state index in [-0.39, 0.29) is 10.5 Å². The van der Waals surface area contributed by atoms with Gasteiger partial charge in [0, 0.05) is 6.92 Å². The lowest BCUT2D eigenvalue weighted by molar-refractivity contribution is -0.571. The Hall–Kier alpha value is -2.67. The summed E-state index contributed by atoms with van der Waals surface area (Å²) in [6.07, 6.45) is 0. The molecule has 0 atom stereocenters. The van der Waals surface area contributed by atoms with Crippen LogP contribution in [-0.2, 0) is 0 Å². The Balaban J connectivity index is 0.00000121. The fourth-order valence-electron chi connectivity index (χ4n) is 0.980. The Labute approximate surface area is 92.0 Å². The monoisotopic (exact) mass is 249 g/mol. The molecule has 0 bridgehead atoms. The van der Waals surface area contributed by atoms with E-state index in [1.165, 1.54) is 0 Å². The molecule has 1 rings (SSSR count). The van der Waals surface area contributed by atoms with Crippen molar-refractivity contribution in [1.29, 1.82) is 0 Å². The zero-order valence-corrected chi connectivity index (χ0v) is 8.34. The van der Waals surface area contributed by atoms with Gasteiger partial charge in [0.2, 0.25) is 0 Å². The van der Waals surface area contributed by atoms with Crippen LogP contribution in [0.4, 0.5) is 11.5 Å². The Morgan fingerprint density at radius 3 is 1.88 bits per heavy atom. The van der Waals surface area contributed by atoms with E-state index in [9.17, 15) is 30.3 Å². The van der Waals surface area contributed by atoms with Gasteiger partial charge in [-0.25, -0.2) is 0 Å². The third kappa shape index (κ3) is 2.67. The molecular weight excluding hydrogens is 242 g/mol. The first-order valence-corrected chi connectivity index (χ1v) is 3.72. The molecule has 1 aromatic rings. The molecule has 0 aromatic carbocycles. The summed E-state index contributed by atoms with van der Waals surface area (Å²) in [5.41, 5.74) is -1.36. The molecule has 0 aliphatic rings. The van der Waals surface area contributed by atoms with Crippen molar-refractivity contribution in [2.45, 2.75) is 6.92 Å². The van der Waals surface area contributed by atoms with Gasteiger partial charge in [0.1, 0.15) is 5.03 Å². The Morgan fingerprint density at radius 2 is 1.59 bits per heavy atom. The molecule has 94 valence electrons. The fourth-order valence-corrected chi connectivity index (χ4v) is 0.980. The quantitative estimate of drug-likeness (QED) is 0.377. The third-order valence-electron chi connectivity index (χ3n) is 1.50. The fraction of sp³-hybridized carbons (Fsp3) is 0.250. The van der Waals surface area contributed by atoms with E-state index in [1.807, 2.05) is 0 Å². The SMILES string of the molecule is Cc1nn([N+](=O)[O-])c([N+](=O)[O-])c1[N+](=O)[O-].NN. The standard InChI is InChI=1S/C4H3N5O6.H4N2/c1-2-3(7(10)11)4(8(12)13)6(5-2)9(14)15;1-2/h1H3;1-2H2. The minimum absolute atomic E-state index is 0.229. The maximum absolute atomic E-state index is 10.4. The molecule has 17 heavy (non-hydrogen) atoms. The summed E-state index contributed by atoms with van der Waals surface area (Å²) in [5.74, 6) is 6.74. The molecule has 0 spiro atoms. The first-order chi connectivity index (χ1) is 7.86. The second-order valence-corrected chi connectivity index (χ2v) is 2.40. The van der Waals surface area contributed by atoms with Gasteiger partial charge in [-0.1, -0.05) is 0 Å². The number of hydrazine groups is 1. The molecule has 0 unspecified atom stereocenters. The number of hydrogen-bond acceptors (Lipinski definition) is 9. The third-order valence-corrected chi connectivity index (χ3v) is 1.50. The average molecular weight is 249 g/mol. The second-order valence-electron chi connectivity index (χ2n) is 2.40. The first-order valence-electron chi connectivity index (χ1n) is 3.72. The van der Waals surface area contributed by atoms with Crippen LogP contribution in [0, 0.1) is 37.3 Å². The van der Waals surface area contributed by atoms with Crippen LogP contribution >= 0.6 is 0 Å². The van der Waals surface area contributed by atoms with Gasteiger partial charge in [0.05, 0.1) is 4.92 Å². The maximum atomic E-state index is 10.4. The van der Waals surface area contributed by atoms with Crippen molar-refractivity contribution < 1.29 is 14.9 Å². The van der Waals surface area contributed by atoms with Crippen molar-refractivity contribution in [2.75, 3.05) is 0 Å². The summed E-state index contributed by atoms with van der Waals surface area (Å²) in [6, 6.07) is 0. The van der Waals surface area contributed by atoms with Crippen LogP contribution in [0.3, 0.4) is 0 Å². The summed E-state index contributed by atoms with van der Waals surface area (Å²) in [7, 11) is 0. The summed E-state index contributed by atoms with van der Waals surface area (Å²) in [4.78, 5) is 28.6. The van der Waals surface area contributed by atoms with Crippen LogP contribution in [-0.4, -0.2) is 24.8 Å². The van der Waals surface area contributed by atoms with Crippen molar-refractivity contribution in [3.8, 4) is 0 Å². The van der Waals surface area contributed by atoms with Crippen LogP contribution < -0.4 is 11.7 Å². The van der Waals surface area contributed by atoms with Crippen LogP contribution in [0.2, 0.25) is 0 Å². The molecule has 0 fully saturated rings. The Kier molecular flexibility index (Phi) is 4.57. The normalized spacial score (nSPS) is 9.12. The molecule has 13 heteroatoms. The Bertz CT molecular complexity index is 465. The van der Waals surface area contributed by atoms with E-state index < -0.39 is 26.4 Å². The van der Waals surface area contributed by atoms with Crippen molar-refractivity contribution in [3.05, 3.63) is 36.0 Å². The minimum atomic E-state index is -1.26. The molecule has 0 amide bonds. The van der Waals surface area contributed by atoms with Crippen molar-refractivity contribution >= 4 is 11.5 Å². The Morgan fingerprint density at radius 1 is 1.12 bits per heavy atom. The zero-order valence-electron chi connectivity index (χ0n) is 8.34. The summed E-state index contributed by atoms with van der Waals surface area (Å²) >= 11 is 0. The van der Waals surface area contributed by atoms with Crippen LogP contribution in [0.1, 0.15) is 5.69 Å². The lowest BCUT2D eigenvalue weighted by Gasteiger charge is -1.90. The van der Waals surface area contributed by atoms with Crippen molar-refractivity contribution in [2.24, 2.45) is 11.7 Å². The van der Waals surface area contributed by atoms with Gasteiger partial charge in [-0.2, -0.15) is 0 Å². The number of nitrogens with zero attached hydrogens (tertiary/aromatic N) is 5. The predicted molar refractivity (Wildman–Crippen MR) is 51.0 cm³/mol. The van der Waals surface area contributed by atoms with Gasteiger partial charge in [0.25, 0.3) is 5.69 Å². The molecule has 0 radical (unpaired) electrons. The van der Waals surface area contributed by atoms with Gasteiger partial charge in [-0.3, -0.25) is 21.8 Å². The van der Waals surface area contributed by atoms with Gasteiger partial charge in [-0.05, 0) is 4.92 Å². The molecule has 0 saturated carbocycles. The smallest absolute Gasteiger partial charge is 0.358 e. The average Bonchev–Trinajstić information content (AvgIpc) is 2.59. The molecule has 0 saturated heterocycles. The number of hydrogen-bond donors (Lipinski definition) is 2. The molecule has 4 N–H and O–H groups in total. The van der Waals surface area contributed by atoms with Crippen molar-refractivity contribution in [1.82, 2.24) is 9.89 Å². The van der Waals surface area contributed by atoms with E-state index in [2.05, 4.69) is 16.8 Å². The first kappa shape index (κ1) is 14.3. The zero-order chi connectivity index (χ0) is 13.7. The number of rotatable bonds is 3. The van der Waals surface area contributed by atoms with Crippen LogP contribution in [0.5, 0.6) is 0 Å². The summed E-state index contributed by atoms with van der Waals surface area (Å²) < 4.78 is 0. The van der Waals surface area contributed by atoms with E-state index in [0.29, 0.717) is 0 Å². The molecule has 0 aliphatic heterocycles. The largest absolute Gasteiger partial charge is 0.498 e. The van der Waals surface area contributed by atoms with E-state index in [4.69, 9.17) is 0 Å². The number of aromatic nitrogens is 2. The minimum Gasteiger partial charge on any atom is -0.358 e. The molecule has 13 nitrogen and oxygen atoms in total. The highest BCUT2D eigenvalue weighted by atomic mass is 16.7. The number of aryl methyl sites for hydroxylation is 1. The number of nitrogens with two attached hydrogens (primary N) is 2. The highest BCUT2D eigenvalue weighted by Crippen LogP contribution is 2.29. The van der Waals surface area contributed by atoms with Gasteiger partial charge < -0.3 is 20.2 Å². The predicted octanol–water partition coefficient (Wildman–Crippen LogP) is -1.13. The highest BCUT2D eigenvalue weighted by Gasteiger charge is 2.43. The molecule has 1 aromatic heterocycles. The lowest BCUT2D eigenvalue weighted by atomic mass is 10.4. The van der Waals surface area contributed by atoms with Crippen molar-refractivity contribution in [3.63, 3.8) is 0 Å². The summed E-state index contributed by atoms with van der Waals surface area (Å²) in [6.45, 7) is 1.07. The van der Waals surface area contributed by atoms with Gasteiger partial charge in [-0.15, -0.1) is 0 Å². The van der Waals surface area contributed by atoms with E-state index in [0.717, 1.165) is 6.92 Å². The van der Waals surface area contributed by atoms with Crippen LogP contribution in [0.15, 0.2) is 0 Å². The number of nitro groups is 3. The van der Waals surface area contributed by atoms with Gasteiger partial charge in [0.15, 0.2) is 9.89 Å². The molecular formula is C4H7N7O6. The van der Waals surface area contributed by atoms with E-state index >= 15 is 0 Å². The topological polar surface area (TPSA) is 199 Å².